The molecule has 0 rings (SSSR count). The number of amides is 1. The van der Waals surface area contributed by atoms with Crippen molar-refractivity contribution >= 4 is 11.9 Å². The van der Waals surface area contributed by atoms with E-state index >= 15 is 0 Å². The molecule has 0 spiro atoms. The number of hydrogen-bond donors (Lipinski definition) is 4. The Kier molecular flexibility index (Phi) is 8.41. The van der Waals surface area contributed by atoms with Crippen LogP contribution in [0.25, 0.3) is 0 Å². The summed E-state index contributed by atoms with van der Waals surface area (Å²) in [4.78, 5) is 21.8. The third-order valence-electron chi connectivity index (χ3n) is 1.97. The fourth-order valence-electron chi connectivity index (χ4n) is 1.08. The molecule has 0 saturated heterocycles. The van der Waals surface area contributed by atoms with Crippen LogP contribution in [0.1, 0.15) is 12.8 Å². The van der Waals surface area contributed by atoms with Crippen molar-refractivity contribution in [2.75, 3.05) is 27.0 Å². The summed E-state index contributed by atoms with van der Waals surface area (Å²) < 4.78 is 4.60. The predicted octanol–water partition coefficient (Wildman–Crippen LogP) is -1.48. The Bertz CT molecular complexity index is 222. The lowest BCUT2D eigenvalue weighted by Gasteiger charge is -2.10. The average Bonchev–Trinajstić information content (AvgIpc) is 2.25. The van der Waals surface area contributed by atoms with Crippen LogP contribution in [0.2, 0.25) is 0 Å². The highest BCUT2D eigenvalue weighted by molar-refractivity contribution is 5.78. The molecular weight excluding hydrogens is 216 g/mol. The van der Waals surface area contributed by atoms with Crippen LogP contribution < -0.4 is 10.6 Å². The molecule has 0 bridgehead atoms. The Balaban J connectivity index is 3.59. The summed E-state index contributed by atoms with van der Waals surface area (Å²) in [7, 11) is 1.53. The molecule has 0 saturated carbocycles. The molecule has 4 N–H and O–H groups in total. The van der Waals surface area contributed by atoms with Gasteiger partial charge in [0.2, 0.25) is 5.91 Å². The first kappa shape index (κ1) is 14.8. The molecule has 0 aromatic carbocycles. The summed E-state index contributed by atoms with van der Waals surface area (Å²) in [5, 5.41) is 22.1. The average molecular weight is 234 g/mol. The number of hydrogen-bond acceptors (Lipinski definition) is 5. The van der Waals surface area contributed by atoms with E-state index in [1.165, 1.54) is 7.05 Å². The van der Waals surface area contributed by atoms with Gasteiger partial charge in [0.15, 0.2) is 0 Å². The zero-order valence-electron chi connectivity index (χ0n) is 9.23. The Labute approximate surface area is 93.8 Å². The second-order valence-electron chi connectivity index (χ2n) is 3.11. The van der Waals surface area contributed by atoms with Crippen molar-refractivity contribution in [3.05, 3.63) is 0 Å². The Hall–Kier alpha value is -1.18. The molecule has 0 radical (unpaired) electrons. The number of carboxylic acid groups (broad SMARTS) is 1. The Morgan fingerprint density at radius 3 is 2.62 bits per heavy atom. The van der Waals surface area contributed by atoms with Crippen molar-refractivity contribution in [1.29, 1.82) is 0 Å². The lowest BCUT2D eigenvalue weighted by atomic mass is 10.1. The summed E-state index contributed by atoms with van der Waals surface area (Å²) in [6.07, 6.45) is 0.370. The lowest BCUT2D eigenvalue weighted by molar-refractivity contribution is -0.139. The summed E-state index contributed by atoms with van der Waals surface area (Å²) in [5.41, 5.74) is 0. The molecular formula is C9H18N2O5. The molecule has 0 aliphatic heterocycles. The van der Waals surface area contributed by atoms with Crippen molar-refractivity contribution in [2.45, 2.75) is 18.9 Å². The van der Waals surface area contributed by atoms with E-state index in [1.807, 2.05) is 0 Å². The SMILES string of the molecule is CNC(CCC(=O)NCCOCO)C(=O)O. The van der Waals surface area contributed by atoms with Gasteiger partial charge in [-0.15, -0.1) is 0 Å². The van der Waals surface area contributed by atoms with Gasteiger partial charge in [-0.2, -0.15) is 0 Å². The van der Waals surface area contributed by atoms with Gasteiger partial charge in [0, 0.05) is 13.0 Å². The first-order valence-corrected chi connectivity index (χ1v) is 4.97. The van der Waals surface area contributed by atoms with Crippen LogP contribution in [-0.2, 0) is 14.3 Å². The molecule has 0 heterocycles. The van der Waals surface area contributed by atoms with Crippen LogP contribution >= 0.6 is 0 Å². The van der Waals surface area contributed by atoms with E-state index in [4.69, 9.17) is 10.2 Å². The number of carbonyl (C=O) groups is 2. The van der Waals surface area contributed by atoms with Crippen molar-refractivity contribution < 1.29 is 24.5 Å². The molecule has 0 aliphatic carbocycles. The highest BCUT2D eigenvalue weighted by Gasteiger charge is 2.15. The Morgan fingerprint density at radius 2 is 2.12 bits per heavy atom. The smallest absolute Gasteiger partial charge is 0.320 e. The third-order valence-corrected chi connectivity index (χ3v) is 1.97. The molecule has 0 fully saturated rings. The Morgan fingerprint density at radius 1 is 1.44 bits per heavy atom. The van der Waals surface area contributed by atoms with Crippen molar-refractivity contribution in [2.24, 2.45) is 0 Å². The van der Waals surface area contributed by atoms with E-state index in [0.29, 0.717) is 6.54 Å². The van der Waals surface area contributed by atoms with Crippen LogP contribution in [0.5, 0.6) is 0 Å². The predicted molar refractivity (Wildman–Crippen MR) is 55.8 cm³/mol. The van der Waals surface area contributed by atoms with Crippen LogP contribution in [0.15, 0.2) is 0 Å². The van der Waals surface area contributed by atoms with E-state index in [0.717, 1.165) is 0 Å². The van der Waals surface area contributed by atoms with Gasteiger partial charge in [0.05, 0.1) is 6.61 Å². The zero-order valence-corrected chi connectivity index (χ0v) is 9.23. The molecule has 94 valence electrons. The highest BCUT2D eigenvalue weighted by Crippen LogP contribution is 1.96. The number of aliphatic hydroxyl groups excluding tert-OH is 1. The number of nitrogens with one attached hydrogen (secondary N) is 2. The van der Waals surface area contributed by atoms with Gasteiger partial charge in [-0.05, 0) is 13.5 Å². The molecule has 1 amide bonds. The van der Waals surface area contributed by atoms with Gasteiger partial charge >= 0.3 is 5.97 Å². The van der Waals surface area contributed by atoms with Crippen LogP contribution in [-0.4, -0.2) is 55.1 Å². The first-order valence-electron chi connectivity index (χ1n) is 4.97. The monoisotopic (exact) mass is 234 g/mol. The zero-order chi connectivity index (χ0) is 12.4. The molecule has 1 unspecified atom stereocenters. The molecule has 0 aliphatic rings. The van der Waals surface area contributed by atoms with Crippen molar-refractivity contribution in [1.82, 2.24) is 10.6 Å². The van der Waals surface area contributed by atoms with Gasteiger partial charge < -0.3 is 25.6 Å². The fourth-order valence-corrected chi connectivity index (χ4v) is 1.08. The minimum atomic E-state index is -0.973. The van der Waals surface area contributed by atoms with Crippen LogP contribution in [0, 0.1) is 0 Å². The molecule has 16 heavy (non-hydrogen) atoms. The number of ether oxygens (including phenoxy) is 1. The highest BCUT2D eigenvalue weighted by atomic mass is 16.6. The summed E-state index contributed by atoms with van der Waals surface area (Å²) in [6.45, 7) is 0.157. The quantitative estimate of drug-likeness (QED) is 0.286. The number of carbonyl (C=O) groups excluding carboxylic acids is 1. The maximum atomic E-state index is 11.2. The summed E-state index contributed by atoms with van der Waals surface area (Å²) in [5.74, 6) is -1.21. The van der Waals surface area contributed by atoms with Crippen LogP contribution in [0.3, 0.4) is 0 Å². The second-order valence-corrected chi connectivity index (χ2v) is 3.11. The lowest BCUT2D eigenvalue weighted by Crippen LogP contribution is -2.36. The van der Waals surface area contributed by atoms with Gasteiger partial charge in [-0.3, -0.25) is 9.59 Å². The topological polar surface area (TPSA) is 108 Å². The van der Waals surface area contributed by atoms with Crippen molar-refractivity contribution in [3.8, 4) is 0 Å². The van der Waals surface area contributed by atoms with Crippen LogP contribution in [0.4, 0.5) is 0 Å². The largest absolute Gasteiger partial charge is 0.480 e. The third kappa shape index (κ3) is 7.16. The van der Waals surface area contributed by atoms with E-state index in [9.17, 15) is 9.59 Å². The van der Waals surface area contributed by atoms with Gasteiger partial charge in [-0.1, -0.05) is 0 Å². The standard InChI is InChI=1S/C9H18N2O5/c1-10-7(9(14)15)2-3-8(13)11-4-5-16-6-12/h7,10,12H,2-6H2,1H3,(H,11,13)(H,14,15). The number of carboxylic acids is 1. The maximum absolute atomic E-state index is 11.2. The van der Waals surface area contributed by atoms with E-state index < -0.39 is 12.0 Å². The minimum Gasteiger partial charge on any atom is -0.480 e. The molecule has 1 atom stereocenters. The van der Waals surface area contributed by atoms with Gasteiger partial charge in [0.25, 0.3) is 0 Å². The number of likely N-dealkylation sites (N-methyl/N-ethyl adjacent to an activating group) is 1. The number of rotatable bonds is 9. The molecule has 7 nitrogen and oxygen atoms in total. The van der Waals surface area contributed by atoms with Crippen molar-refractivity contribution in [3.63, 3.8) is 0 Å². The van der Waals surface area contributed by atoms with E-state index in [-0.39, 0.29) is 32.1 Å². The fraction of sp³-hybridized carbons (Fsp3) is 0.778. The van der Waals surface area contributed by atoms with Gasteiger partial charge in [0.1, 0.15) is 12.8 Å². The van der Waals surface area contributed by atoms with E-state index in [1.54, 1.807) is 0 Å². The van der Waals surface area contributed by atoms with E-state index in [2.05, 4.69) is 15.4 Å². The second kappa shape index (κ2) is 9.08. The van der Waals surface area contributed by atoms with Gasteiger partial charge in [-0.25, -0.2) is 0 Å². The molecule has 0 aromatic heterocycles. The normalized spacial score (nSPS) is 12.1. The molecule has 7 heteroatoms. The first-order chi connectivity index (χ1) is 7.61. The summed E-state index contributed by atoms with van der Waals surface area (Å²) >= 11 is 0. The molecule has 0 aromatic rings. The summed E-state index contributed by atoms with van der Waals surface area (Å²) in [6, 6.07) is -0.709. The number of aliphatic carboxylic acids is 1. The maximum Gasteiger partial charge on any atom is 0.320 e. The minimum absolute atomic E-state index is 0.136. The number of aliphatic hydroxyl groups is 1.